The molecule has 0 radical (unpaired) electrons. The molecule has 20 heavy (non-hydrogen) atoms. The molecule has 1 aromatic rings. The Labute approximate surface area is 124 Å². The Morgan fingerprint density at radius 2 is 2.25 bits per heavy atom. The highest BCUT2D eigenvalue weighted by Gasteiger charge is 2.16. The van der Waals surface area contributed by atoms with Crippen LogP contribution in [0.5, 0.6) is 5.75 Å². The van der Waals surface area contributed by atoms with Gasteiger partial charge in [-0.3, -0.25) is 4.79 Å². The predicted octanol–water partition coefficient (Wildman–Crippen LogP) is 3.29. The average Bonchev–Trinajstić information content (AvgIpc) is 2.43. The molecule has 0 aromatic heterocycles. The van der Waals surface area contributed by atoms with E-state index in [0.29, 0.717) is 22.9 Å². The van der Waals surface area contributed by atoms with Gasteiger partial charge in [0.15, 0.2) is 6.10 Å². The molecular formula is C15H19ClN2O2. The van der Waals surface area contributed by atoms with Crippen LogP contribution in [-0.4, -0.2) is 18.6 Å². The summed E-state index contributed by atoms with van der Waals surface area (Å²) in [5, 5.41) is 12.3. The van der Waals surface area contributed by atoms with Gasteiger partial charge in [-0.25, -0.2) is 0 Å². The van der Waals surface area contributed by atoms with E-state index in [0.717, 1.165) is 19.3 Å². The van der Waals surface area contributed by atoms with Crippen LogP contribution in [0.4, 0.5) is 0 Å². The van der Waals surface area contributed by atoms with E-state index in [1.54, 1.807) is 25.1 Å². The highest BCUT2D eigenvalue weighted by atomic mass is 35.5. The molecule has 0 fully saturated rings. The first-order valence-electron chi connectivity index (χ1n) is 6.72. The minimum atomic E-state index is -0.665. The first-order chi connectivity index (χ1) is 9.58. The summed E-state index contributed by atoms with van der Waals surface area (Å²) in [5.74, 6) is 0.140. The van der Waals surface area contributed by atoms with Gasteiger partial charge in [0, 0.05) is 17.6 Å². The summed E-state index contributed by atoms with van der Waals surface area (Å²) in [4.78, 5) is 11.8. The average molecular weight is 295 g/mol. The Bertz CT molecular complexity index is 497. The van der Waals surface area contributed by atoms with Crippen molar-refractivity contribution in [1.29, 1.82) is 5.26 Å². The lowest BCUT2D eigenvalue weighted by Gasteiger charge is -2.15. The van der Waals surface area contributed by atoms with Crippen LogP contribution in [0.1, 0.15) is 38.7 Å². The molecular weight excluding hydrogens is 276 g/mol. The fourth-order valence-electron chi connectivity index (χ4n) is 1.66. The molecule has 1 unspecified atom stereocenters. The lowest BCUT2D eigenvalue weighted by atomic mass is 10.2. The van der Waals surface area contributed by atoms with Gasteiger partial charge >= 0.3 is 0 Å². The number of halogens is 1. The molecule has 0 aliphatic rings. The number of rotatable bonds is 7. The van der Waals surface area contributed by atoms with Crippen molar-refractivity contribution in [1.82, 2.24) is 5.32 Å². The van der Waals surface area contributed by atoms with E-state index in [1.807, 2.05) is 6.07 Å². The molecule has 108 valence electrons. The second-order valence-corrected chi connectivity index (χ2v) is 4.95. The van der Waals surface area contributed by atoms with Crippen molar-refractivity contribution in [3.05, 3.63) is 28.8 Å². The quantitative estimate of drug-likeness (QED) is 0.785. The van der Waals surface area contributed by atoms with Gasteiger partial charge in [-0.1, -0.05) is 31.4 Å². The van der Waals surface area contributed by atoms with Crippen LogP contribution in [-0.2, 0) is 4.79 Å². The number of nitrogens with one attached hydrogen (secondary N) is 1. The van der Waals surface area contributed by atoms with Crippen LogP contribution in [0.2, 0.25) is 5.02 Å². The number of hydrogen-bond acceptors (Lipinski definition) is 3. The second-order valence-electron chi connectivity index (χ2n) is 4.51. The molecule has 0 saturated carbocycles. The van der Waals surface area contributed by atoms with Crippen molar-refractivity contribution in [3.63, 3.8) is 0 Å². The predicted molar refractivity (Wildman–Crippen MR) is 78.8 cm³/mol. The fraction of sp³-hybridized carbons (Fsp3) is 0.467. The molecule has 0 saturated heterocycles. The fourth-order valence-corrected chi connectivity index (χ4v) is 1.82. The van der Waals surface area contributed by atoms with Gasteiger partial charge in [0.05, 0.1) is 5.56 Å². The van der Waals surface area contributed by atoms with Crippen LogP contribution in [0.25, 0.3) is 0 Å². The summed E-state index contributed by atoms with van der Waals surface area (Å²) in [6.45, 7) is 4.40. The van der Waals surface area contributed by atoms with Crippen molar-refractivity contribution >= 4 is 17.5 Å². The summed E-state index contributed by atoms with van der Waals surface area (Å²) in [6.07, 6.45) is 2.48. The van der Waals surface area contributed by atoms with Gasteiger partial charge in [0.2, 0.25) is 0 Å². The van der Waals surface area contributed by atoms with E-state index in [2.05, 4.69) is 12.2 Å². The van der Waals surface area contributed by atoms with Crippen LogP contribution in [0, 0.1) is 11.3 Å². The van der Waals surface area contributed by atoms with E-state index in [-0.39, 0.29) is 5.91 Å². The summed E-state index contributed by atoms with van der Waals surface area (Å²) in [6, 6.07) is 6.74. The molecule has 1 amide bonds. The molecule has 0 spiro atoms. The minimum Gasteiger partial charge on any atom is -0.479 e. The van der Waals surface area contributed by atoms with Gasteiger partial charge in [-0.15, -0.1) is 0 Å². The van der Waals surface area contributed by atoms with Crippen LogP contribution < -0.4 is 10.1 Å². The third-order valence-electron chi connectivity index (χ3n) is 2.82. The summed E-state index contributed by atoms with van der Waals surface area (Å²) >= 11 is 5.87. The van der Waals surface area contributed by atoms with Crippen molar-refractivity contribution in [2.45, 2.75) is 39.2 Å². The number of carbonyl (C=O) groups excluding carboxylic acids is 1. The Morgan fingerprint density at radius 1 is 1.50 bits per heavy atom. The number of carbonyl (C=O) groups is 1. The van der Waals surface area contributed by atoms with Crippen LogP contribution >= 0.6 is 11.6 Å². The SMILES string of the molecule is CCCCCNC(=O)C(C)Oc1cc(Cl)ccc1C#N. The maximum atomic E-state index is 11.8. The molecule has 0 heterocycles. The van der Waals surface area contributed by atoms with Gasteiger partial charge in [-0.05, 0) is 25.5 Å². The Hall–Kier alpha value is -1.73. The summed E-state index contributed by atoms with van der Waals surface area (Å²) < 4.78 is 5.52. The monoisotopic (exact) mass is 294 g/mol. The molecule has 0 bridgehead atoms. The summed E-state index contributed by atoms with van der Waals surface area (Å²) in [7, 11) is 0. The molecule has 1 N–H and O–H groups in total. The van der Waals surface area contributed by atoms with Gasteiger partial charge in [0.25, 0.3) is 5.91 Å². The summed E-state index contributed by atoms with van der Waals surface area (Å²) in [5.41, 5.74) is 0.361. The minimum absolute atomic E-state index is 0.190. The first kappa shape index (κ1) is 16.3. The van der Waals surface area contributed by atoms with Crippen LogP contribution in [0.3, 0.4) is 0 Å². The number of hydrogen-bond donors (Lipinski definition) is 1. The highest BCUT2D eigenvalue weighted by Crippen LogP contribution is 2.23. The van der Waals surface area contributed by atoms with E-state index in [1.165, 1.54) is 0 Å². The van der Waals surface area contributed by atoms with Crippen LogP contribution in [0.15, 0.2) is 18.2 Å². The molecule has 1 aromatic carbocycles. The molecule has 1 rings (SSSR count). The van der Waals surface area contributed by atoms with E-state index in [4.69, 9.17) is 21.6 Å². The number of ether oxygens (including phenoxy) is 1. The normalized spacial score (nSPS) is 11.5. The molecule has 0 aliphatic heterocycles. The number of unbranched alkanes of at least 4 members (excludes halogenated alkanes) is 2. The lowest BCUT2D eigenvalue weighted by Crippen LogP contribution is -2.36. The van der Waals surface area contributed by atoms with Gasteiger partial charge in [0.1, 0.15) is 11.8 Å². The third kappa shape index (κ3) is 5.10. The Balaban J connectivity index is 2.57. The van der Waals surface area contributed by atoms with E-state index >= 15 is 0 Å². The smallest absolute Gasteiger partial charge is 0.260 e. The lowest BCUT2D eigenvalue weighted by molar-refractivity contribution is -0.127. The van der Waals surface area contributed by atoms with Gasteiger partial charge < -0.3 is 10.1 Å². The number of nitrogens with zero attached hydrogens (tertiary/aromatic N) is 1. The largest absolute Gasteiger partial charge is 0.479 e. The maximum absolute atomic E-state index is 11.8. The Kier molecular flexibility index (Phi) is 6.89. The highest BCUT2D eigenvalue weighted by molar-refractivity contribution is 6.30. The molecule has 1 atom stereocenters. The topological polar surface area (TPSA) is 62.1 Å². The van der Waals surface area contributed by atoms with Crippen molar-refractivity contribution in [3.8, 4) is 11.8 Å². The van der Waals surface area contributed by atoms with E-state index in [9.17, 15) is 4.79 Å². The first-order valence-corrected chi connectivity index (χ1v) is 7.10. The zero-order chi connectivity index (χ0) is 15.0. The zero-order valence-corrected chi connectivity index (χ0v) is 12.5. The maximum Gasteiger partial charge on any atom is 0.260 e. The van der Waals surface area contributed by atoms with E-state index < -0.39 is 6.10 Å². The third-order valence-corrected chi connectivity index (χ3v) is 3.05. The Morgan fingerprint density at radius 3 is 2.90 bits per heavy atom. The van der Waals surface area contributed by atoms with Crippen molar-refractivity contribution < 1.29 is 9.53 Å². The second kappa shape index (κ2) is 8.44. The number of amides is 1. The number of nitriles is 1. The standard InChI is InChI=1S/C15H19ClN2O2/c1-3-4-5-8-18-15(19)11(2)20-14-9-13(16)7-6-12(14)10-17/h6-7,9,11H,3-5,8H2,1-2H3,(H,18,19). The molecule has 5 heteroatoms. The van der Waals surface area contributed by atoms with Crippen molar-refractivity contribution in [2.24, 2.45) is 0 Å². The molecule has 0 aliphatic carbocycles. The molecule has 4 nitrogen and oxygen atoms in total. The van der Waals surface area contributed by atoms with Gasteiger partial charge in [-0.2, -0.15) is 5.26 Å². The van der Waals surface area contributed by atoms with Crippen molar-refractivity contribution in [2.75, 3.05) is 6.54 Å². The zero-order valence-electron chi connectivity index (χ0n) is 11.8. The number of benzene rings is 1.